The van der Waals surface area contributed by atoms with Crippen LogP contribution in [0.3, 0.4) is 0 Å². The summed E-state index contributed by atoms with van der Waals surface area (Å²) in [4.78, 5) is 19.1. The lowest BCUT2D eigenvalue weighted by molar-refractivity contribution is 0.0718. The van der Waals surface area contributed by atoms with Gasteiger partial charge in [-0.25, -0.2) is 0 Å². The lowest BCUT2D eigenvalue weighted by Gasteiger charge is -2.26. The zero-order valence-corrected chi connectivity index (χ0v) is 13.5. The lowest BCUT2D eigenvalue weighted by atomic mass is 10.1. The third-order valence-corrected chi connectivity index (χ3v) is 4.32. The van der Waals surface area contributed by atoms with Crippen molar-refractivity contribution >= 4 is 5.91 Å². The van der Waals surface area contributed by atoms with Crippen molar-refractivity contribution in [2.75, 3.05) is 19.6 Å². The summed E-state index contributed by atoms with van der Waals surface area (Å²) in [5.74, 6) is 0.627. The number of carbonyl (C=O) groups is 1. The highest BCUT2D eigenvalue weighted by molar-refractivity contribution is 5.94. The van der Waals surface area contributed by atoms with Crippen molar-refractivity contribution in [3.05, 3.63) is 65.5 Å². The molecule has 120 valence electrons. The maximum absolute atomic E-state index is 12.9. The van der Waals surface area contributed by atoms with Crippen LogP contribution in [0.15, 0.2) is 48.8 Å². The van der Waals surface area contributed by atoms with Crippen LogP contribution in [0.2, 0.25) is 0 Å². The maximum Gasteiger partial charge on any atom is 0.254 e. The molecule has 1 aliphatic rings. The van der Waals surface area contributed by atoms with Crippen LogP contribution in [0.25, 0.3) is 0 Å². The van der Waals surface area contributed by atoms with E-state index < -0.39 is 0 Å². The van der Waals surface area contributed by atoms with Gasteiger partial charge in [0.2, 0.25) is 0 Å². The van der Waals surface area contributed by atoms with Gasteiger partial charge in [0, 0.05) is 31.0 Å². The second-order valence-corrected chi connectivity index (χ2v) is 6.27. The van der Waals surface area contributed by atoms with E-state index in [1.165, 1.54) is 5.56 Å². The maximum atomic E-state index is 12.9. The fraction of sp³-hybridized carbons (Fsp3) is 0.368. The molecule has 0 radical (unpaired) electrons. The number of hydrogen-bond acceptors (Lipinski definition) is 3. The third kappa shape index (κ3) is 4.17. The minimum absolute atomic E-state index is 0.0979. The van der Waals surface area contributed by atoms with Crippen LogP contribution in [0.4, 0.5) is 0 Å². The van der Waals surface area contributed by atoms with Crippen LogP contribution in [0.1, 0.15) is 27.9 Å². The molecule has 0 spiro atoms. The number of pyridine rings is 1. The Kier molecular flexibility index (Phi) is 5.03. The highest BCUT2D eigenvalue weighted by atomic mass is 16.2. The van der Waals surface area contributed by atoms with E-state index in [9.17, 15) is 4.79 Å². The summed E-state index contributed by atoms with van der Waals surface area (Å²) in [5.41, 5.74) is 2.99. The molecule has 1 aliphatic heterocycles. The molecule has 1 N–H and O–H groups in total. The molecule has 1 fully saturated rings. The first-order valence-corrected chi connectivity index (χ1v) is 8.18. The average Bonchev–Trinajstić information content (AvgIpc) is 3.08. The van der Waals surface area contributed by atoms with Crippen molar-refractivity contribution in [2.45, 2.75) is 19.9 Å². The number of aromatic nitrogens is 1. The topological polar surface area (TPSA) is 45.2 Å². The fourth-order valence-corrected chi connectivity index (χ4v) is 2.99. The summed E-state index contributed by atoms with van der Waals surface area (Å²) >= 11 is 0. The van der Waals surface area contributed by atoms with Crippen molar-refractivity contribution < 1.29 is 4.79 Å². The molecule has 1 amide bonds. The smallest absolute Gasteiger partial charge is 0.254 e. The number of nitrogens with one attached hydrogen (secondary N) is 1. The lowest BCUT2D eigenvalue weighted by Crippen LogP contribution is -2.35. The first-order valence-electron chi connectivity index (χ1n) is 8.18. The molecule has 4 heteroatoms. The van der Waals surface area contributed by atoms with Gasteiger partial charge >= 0.3 is 0 Å². The van der Waals surface area contributed by atoms with Crippen LogP contribution in [0, 0.1) is 12.8 Å². The number of hydrogen-bond donors (Lipinski definition) is 1. The summed E-state index contributed by atoms with van der Waals surface area (Å²) in [7, 11) is 0. The van der Waals surface area contributed by atoms with Gasteiger partial charge in [-0.1, -0.05) is 23.8 Å². The number of rotatable bonds is 5. The zero-order chi connectivity index (χ0) is 16.1. The number of nitrogens with zero attached hydrogens (tertiary/aromatic N) is 2. The fourth-order valence-electron chi connectivity index (χ4n) is 2.99. The Labute approximate surface area is 137 Å². The van der Waals surface area contributed by atoms with Gasteiger partial charge < -0.3 is 10.2 Å². The summed E-state index contributed by atoms with van der Waals surface area (Å²) in [6, 6.07) is 11.8. The summed E-state index contributed by atoms with van der Waals surface area (Å²) in [6.07, 6.45) is 4.73. The normalized spacial score (nSPS) is 17.2. The number of benzene rings is 1. The SMILES string of the molecule is Cc1ccc(C(=O)N(Cc2cccnc2)CC2CCNC2)cc1. The van der Waals surface area contributed by atoms with E-state index in [4.69, 9.17) is 0 Å². The second kappa shape index (κ2) is 7.38. The predicted octanol–water partition coefficient (Wildman–Crippen LogP) is 2.64. The molecule has 2 aromatic rings. The van der Waals surface area contributed by atoms with Crippen molar-refractivity contribution in [1.82, 2.24) is 15.2 Å². The largest absolute Gasteiger partial charge is 0.334 e. The van der Waals surface area contributed by atoms with Crippen LogP contribution < -0.4 is 5.32 Å². The van der Waals surface area contributed by atoms with E-state index in [2.05, 4.69) is 10.3 Å². The second-order valence-electron chi connectivity index (χ2n) is 6.27. The summed E-state index contributed by atoms with van der Waals surface area (Å²) < 4.78 is 0. The molecule has 1 aromatic heterocycles. The van der Waals surface area contributed by atoms with Crippen LogP contribution >= 0.6 is 0 Å². The van der Waals surface area contributed by atoms with E-state index in [-0.39, 0.29) is 5.91 Å². The minimum Gasteiger partial charge on any atom is -0.334 e. The van der Waals surface area contributed by atoms with E-state index in [0.29, 0.717) is 12.5 Å². The standard InChI is InChI=1S/C19H23N3O/c1-15-4-6-18(7-5-15)19(23)22(14-17-8-10-21-12-17)13-16-3-2-9-20-11-16/h2-7,9,11,17,21H,8,10,12-14H2,1H3. The molecule has 2 heterocycles. The summed E-state index contributed by atoms with van der Waals surface area (Å²) in [5, 5.41) is 3.38. The van der Waals surface area contributed by atoms with Gasteiger partial charge in [0.25, 0.3) is 5.91 Å². The number of carbonyl (C=O) groups excluding carboxylic acids is 1. The molecular weight excluding hydrogens is 286 g/mol. The monoisotopic (exact) mass is 309 g/mol. The van der Waals surface area contributed by atoms with Crippen molar-refractivity contribution in [3.8, 4) is 0 Å². The molecule has 1 aromatic carbocycles. The van der Waals surface area contributed by atoms with Gasteiger partial charge in [-0.15, -0.1) is 0 Å². The van der Waals surface area contributed by atoms with Gasteiger partial charge in [-0.2, -0.15) is 0 Å². The average molecular weight is 309 g/mol. The van der Waals surface area contributed by atoms with Crippen LogP contribution in [0.5, 0.6) is 0 Å². The minimum atomic E-state index is 0.0979. The van der Waals surface area contributed by atoms with Crippen molar-refractivity contribution in [2.24, 2.45) is 5.92 Å². The molecule has 1 atom stereocenters. The Morgan fingerprint density at radius 3 is 2.78 bits per heavy atom. The molecule has 0 bridgehead atoms. The quantitative estimate of drug-likeness (QED) is 0.923. The van der Waals surface area contributed by atoms with Gasteiger partial charge in [0.05, 0.1) is 0 Å². The van der Waals surface area contributed by atoms with E-state index in [0.717, 1.165) is 37.2 Å². The first kappa shape index (κ1) is 15.7. The zero-order valence-electron chi connectivity index (χ0n) is 13.5. The van der Waals surface area contributed by atoms with Gasteiger partial charge in [-0.3, -0.25) is 9.78 Å². The molecule has 1 saturated heterocycles. The Morgan fingerprint density at radius 1 is 1.30 bits per heavy atom. The van der Waals surface area contributed by atoms with Gasteiger partial charge in [-0.05, 0) is 56.1 Å². The Bertz CT molecular complexity index is 633. The first-order chi connectivity index (χ1) is 11.2. The highest BCUT2D eigenvalue weighted by Gasteiger charge is 2.22. The Hall–Kier alpha value is -2.20. The summed E-state index contributed by atoms with van der Waals surface area (Å²) in [6.45, 7) is 5.46. The molecule has 23 heavy (non-hydrogen) atoms. The Balaban J connectivity index is 1.78. The van der Waals surface area contributed by atoms with E-state index in [1.54, 1.807) is 6.20 Å². The molecule has 4 nitrogen and oxygen atoms in total. The van der Waals surface area contributed by atoms with Crippen molar-refractivity contribution in [1.29, 1.82) is 0 Å². The molecule has 1 unspecified atom stereocenters. The molecule has 0 aliphatic carbocycles. The molecular formula is C19H23N3O. The third-order valence-electron chi connectivity index (χ3n) is 4.32. The van der Waals surface area contributed by atoms with Crippen LogP contribution in [-0.2, 0) is 6.54 Å². The predicted molar refractivity (Wildman–Crippen MR) is 91.1 cm³/mol. The van der Waals surface area contributed by atoms with Gasteiger partial charge in [0.15, 0.2) is 0 Å². The Morgan fingerprint density at radius 2 is 2.13 bits per heavy atom. The number of aryl methyl sites for hydroxylation is 1. The van der Waals surface area contributed by atoms with E-state index >= 15 is 0 Å². The highest BCUT2D eigenvalue weighted by Crippen LogP contribution is 2.16. The molecule has 0 saturated carbocycles. The van der Waals surface area contributed by atoms with Crippen LogP contribution in [-0.4, -0.2) is 35.4 Å². The molecule has 3 rings (SSSR count). The van der Waals surface area contributed by atoms with E-state index in [1.807, 2.05) is 54.4 Å². The van der Waals surface area contributed by atoms with Crippen molar-refractivity contribution in [3.63, 3.8) is 0 Å². The number of amides is 1. The van der Waals surface area contributed by atoms with Gasteiger partial charge in [0.1, 0.15) is 0 Å².